The van der Waals surface area contributed by atoms with E-state index >= 15 is 0 Å². The Balaban J connectivity index is 2.14. The lowest BCUT2D eigenvalue weighted by Gasteiger charge is -1.96. The van der Waals surface area contributed by atoms with Crippen LogP contribution in [0.3, 0.4) is 0 Å². The molecule has 3 nitrogen and oxygen atoms in total. The molecular formula is C11H15N3S. The van der Waals surface area contributed by atoms with Crippen molar-refractivity contribution in [1.29, 1.82) is 0 Å². The summed E-state index contributed by atoms with van der Waals surface area (Å²) in [6.07, 6.45) is 2.99. The number of nitrogens with two attached hydrogens (primary N) is 1. The molecule has 0 amide bonds. The van der Waals surface area contributed by atoms with E-state index < -0.39 is 0 Å². The van der Waals surface area contributed by atoms with E-state index in [0.29, 0.717) is 0 Å². The van der Waals surface area contributed by atoms with E-state index in [-0.39, 0.29) is 0 Å². The zero-order chi connectivity index (χ0) is 10.8. The van der Waals surface area contributed by atoms with Gasteiger partial charge in [-0.3, -0.25) is 4.68 Å². The molecule has 0 bridgehead atoms. The van der Waals surface area contributed by atoms with Crippen molar-refractivity contribution in [2.45, 2.75) is 26.8 Å². The summed E-state index contributed by atoms with van der Waals surface area (Å²) < 4.78 is 1.90. The van der Waals surface area contributed by atoms with Crippen molar-refractivity contribution in [3.63, 3.8) is 0 Å². The van der Waals surface area contributed by atoms with Gasteiger partial charge >= 0.3 is 0 Å². The highest BCUT2D eigenvalue weighted by atomic mass is 32.1. The minimum atomic E-state index is 0.766. The molecule has 0 aliphatic rings. The van der Waals surface area contributed by atoms with Gasteiger partial charge in [0.15, 0.2) is 0 Å². The molecule has 4 heteroatoms. The Morgan fingerprint density at radius 1 is 1.40 bits per heavy atom. The van der Waals surface area contributed by atoms with Gasteiger partial charge in [0, 0.05) is 16.0 Å². The molecule has 2 aromatic heterocycles. The number of thiophene rings is 1. The van der Waals surface area contributed by atoms with Gasteiger partial charge in [0.2, 0.25) is 0 Å². The molecule has 0 aliphatic carbocycles. The Morgan fingerprint density at radius 2 is 2.13 bits per heavy atom. The van der Waals surface area contributed by atoms with Gasteiger partial charge in [-0.2, -0.15) is 5.10 Å². The lowest BCUT2D eigenvalue weighted by atomic mass is 10.4. The van der Waals surface area contributed by atoms with Gasteiger partial charge in [-0.25, -0.2) is 0 Å². The molecule has 15 heavy (non-hydrogen) atoms. The third-order valence-corrected chi connectivity index (χ3v) is 3.58. The van der Waals surface area contributed by atoms with Crippen molar-refractivity contribution >= 4 is 17.0 Å². The summed E-state index contributed by atoms with van der Waals surface area (Å²) in [5, 5.41) is 4.34. The highest BCUT2D eigenvalue weighted by Gasteiger charge is 2.03. The van der Waals surface area contributed by atoms with Crippen LogP contribution in [0.1, 0.15) is 22.4 Å². The fourth-order valence-electron chi connectivity index (χ4n) is 1.47. The van der Waals surface area contributed by atoms with E-state index in [0.717, 1.165) is 24.3 Å². The summed E-state index contributed by atoms with van der Waals surface area (Å²) in [7, 11) is 0. The van der Waals surface area contributed by atoms with Crippen molar-refractivity contribution in [1.82, 2.24) is 9.78 Å². The second-order valence-electron chi connectivity index (χ2n) is 3.59. The first-order valence-electron chi connectivity index (χ1n) is 5.06. The second kappa shape index (κ2) is 4.06. The van der Waals surface area contributed by atoms with Crippen LogP contribution in [0.5, 0.6) is 0 Å². The van der Waals surface area contributed by atoms with Crippen molar-refractivity contribution in [3.05, 3.63) is 33.8 Å². The van der Waals surface area contributed by atoms with Crippen LogP contribution < -0.4 is 5.73 Å². The number of anilines is 1. The van der Waals surface area contributed by atoms with E-state index in [2.05, 4.69) is 24.2 Å². The monoisotopic (exact) mass is 221 g/mol. The first-order chi connectivity index (χ1) is 7.19. The summed E-state index contributed by atoms with van der Waals surface area (Å²) in [6, 6.07) is 4.34. The third-order valence-electron chi connectivity index (χ3n) is 2.37. The Labute approximate surface area is 93.5 Å². The summed E-state index contributed by atoms with van der Waals surface area (Å²) in [4.78, 5) is 2.75. The number of hydrogen-bond donors (Lipinski definition) is 1. The van der Waals surface area contributed by atoms with Crippen LogP contribution in [-0.4, -0.2) is 9.78 Å². The zero-order valence-electron chi connectivity index (χ0n) is 9.03. The molecule has 80 valence electrons. The Hall–Kier alpha value is -1.29. The quantitative estimate of drug-likeness (QED) is 0.865. The summed E-state index contributed by atoms with van der Waals surface area (Å²) >= 11 is 1.84. The van der Waals surface area contributed by atoms with Crippen LogP contribution in [0.25, 0.3) is 0 Å². The predicted octanol–water partition coefficient (Wildman–Crippen LogP) is 2.45. The van der Waals surface area contributed by atoms with Gasteiger partial charge in [-0.1, -0.05) is 6.92 Å². The smallest absolute Gasteiger partial charge is 0.0823 e. The van der Waals surface area contributed by atoms with Gasteiger partial charge in [0.05, 0.1) is 17.9 Å². The lowest BCUT2D eigenvalue weighted by Crippen LogP contribution is -1.98. The molecule has 0 aliphatic heterocycles. The minimum Gasteiger partial charge on any atom is -0.396 e. The molecule has 2 aromatic rings. The second-order valence-corrected chi connectivity index (χ2v) is 4.84. The molecule has 2 heterocycles. The number of aryl methyl sites for hydroxylation is 2. The average Bonchev–Trinajstić information content (AvgIpc) is 2.76. The van der Waals surface area contributed by atoms with Gasteiger partial charge in [-0.05, 0) is 25.5 Å². The molecule has 0 spiro atoms. The molecule has 0 fully saturated rings. The predicted molar refractivity (Wildman–Crippen MR) is 64.2 cm³/mol. The van der Waals surface area contributed by atoms with Crippen LogP contribution in [0.15, 0.2) is 18.3 Å². The molecule has 0 radical (unpaired) electrons. The van der Waals surface area contributed by atoms with Crippen LogP contribution >= 0.6 is 11.3 Å². The summed E-state index contributed by atoms with van der Waals surface area (Å²) in [6.45, 7) is 4.92. The maximum atomic E-state index is 5.75. The molecule has 0 atom stereocenters. The van der Waals surface area contributed by atoms with Crippen molar-refractivity contribution in [2.24, 2.45) is 0 Å². The van der Waals surface area contributed by atoms with Crippen LogP contribution in [0.2, 0.25) is 0 Å². The molecule has 2 N–H and O–H groups in total. The fourth-order valence-corrected chi connectivity index (χ4v) is 2.42. The standard InChI is InChI=1S/C11H15N3S/c1-3-9-4-5-10(15-9)6-14-7-11(12)8(2)13-14/h4-5,7H,3,6,12H2,1-2H3. The molecular weight excluding hydrogens is 206 g/mol. The first kappa shape index (κ1) is 10.2. The SMILES string of the molecule is CCc1ccc(Cn2cc(N)c(C)n2)s1. The van der Waals surface area contributed by atoms with Gasteiger partial charge in [-0.15, -0.1) is 11.3 Å². The Kier molecular flexibility index (Phi) is 2.77. The molecule has 0 saturated carbocycles. The maximum Gasteiger partial charge on any atom is 0.0823 e. The van der Waals surface area contributed by atoms with E-state index in [4.69, 9.17) is 5.73 Å². The van der Waals surface area contributed by atoms with Gasteiger partial charge in [0.1, 0.15) is 0 Å². The van der Waals surface area contributed by atoms with E-state index in [1.807, 2.05) is 29.1 Å². The Morgan fingerprint density at radius 3 is 2.67 bits per heavy atom. The normalized spacial score (nSPS) is 10.8. The summed E-state index contributed by atoms with van der Waals surface area (Å²) in [5.41, 5.74) is 7.42. The van der Waals surface area contributed by atoms with E-state index in [9.17, 15) is 0 Å². The fraction of sp³-hybridized carbons (Fsp3) is 0.364. The van der Waals surface area contributed by atoms with Crippen LogP contribution in [0, 0.1) is 6.92 Å². The number of rotatable bonds is 3. The minimum absolute atomic E-state index is 0.766. The van der Waals surface area contributed by atoms with Crippen molar-refractivity contribution in [3.8, 4) is 0 Å². The highest BCUT2D eigenvalue weighted by molar-refractivity contribution is 7.11. The van der Waals surface area contributed by atoms with E-state index in [1.54, 1.807) is 0 Å². The van der Waals surface area contributed by atoms with Crippen molar-refractivity contribution < 1.29 is 0 Å². The van der Waals surface area contributed by atoms with Gasteiger partial charge in [0.25, 0.3) is 0 Å². The van der Waals surface area contributed by atoms with Crippen LogP contribution in [-0.2, 0) is 13.0 Å². The maximum absolute atomic E-state index is 5.75. The molecule has 0 aromatic carbocycles. The number of nitrogens with zero attached hydrogens (tertiary/aromatic N) is 2. The lowest BCUT2D eigenvalue weighted by molar-refractivity contribution is 0.687. The molecule has 0 saturated heterocycles. The molecule has 2 rings (SSSR count). The average molecular weight is 221 g/mol. The summed E-state index contributed by atoms with van der Waals surface area (Å²) in [5.74, 6) is 0. The number of aromatic nitrogens is 2. The largest absolute Gasteiger partial charge is 0.396 e. The Bertz CT molecular complexity index is 437. The van der Waals surface area contributed by atoms with Crippen LogP contribution in [0.4, 0.5) is 5.69 Å². The molecule has 0 unspecified atom stereocenters. The van der Waals surface area contributed by atoms with E-state index in [1.165, 1.54) is 9.75 Å². The highest BCUT2D eigenvalue weighted by Crippen LogP contribution is 2.18. The van der Waals surface area contributed by atoms with Crippen molar-refractivity contribution in [2.75, 3.05) is 5.73 Å². The first-order valence-corrected chi connectivity index (χ1v) is 5.88. The number of nitrogen functional groups attached to an aromatic ring is 1. The topological polar surface area (TPSA) is 43.8 Å². The van der Waals surface area contributed by atoms with Gasteiger partial charge < -0.3 is 5.73 Å². The number of hydrogen-bond acceptors (Lipinski definition) is 3. The zero-order valence-corrected chi connectivity index (χ0v) is 9.84. The third kappa shape index (κ3) is 2.21.